The van der Waals surface area contributed by atoms with Gasteiger partial charge < -0.3 is 5.73 Å². The van der Waals surface area contributed by atoms with E-state index in [4.69, 9.17) is 10.6 Å². The number of hydrogen-bond acceptors (Lipinski definition) is 5. The molecule has 2 N–H and O–H groups in total. The van der Waals surface area contributed by atoms with Crippen molar-refractivity contribution in [1.82, 2.24) is 10.0 Å². The van der Waals surface area contributed by atoms with Crippen LogP contribution in [0.5, 0.6) is 0 Å². The first-order valence-corrected chi connectivity index (χ1v) is 10.3. The van der Waals surface area contributed by atoms with Gasteiger partial charge in [-0.2, -0.15) is 0 Å². The quantitative estimate of drug-likeness (QED) is 0.370. The van der Waals surface area contributed by atoms with E-state index in [0.29, 0.717) is 25.4 Å². The second kappa shape index (κ2) is 17.7. The second-order valence-electron chi connectivity index (χ2n) is 5.00. The van der Waals surface area contributed by atoms with Crippen LogP contribution < -0.4 is 5.73 Å². The van der Waals surface area contributed by atoms with Crippen LogP contribution in [0.4, 0.5) is 5.69 Å². The van der Waals surface area contributed by atoms with Crippen molar-refractivity contribution in [3.63, 3.8) is 0 Å². The first-order valence-electron chi connectivity index (χ1n) is 9.50. The lowest BCUT2D eigenvalue weighted by Crippen LogP contribution is -2.22. The molecule has 0 unspecified atom stereocenters. The number of amides is 1. The Bertz CT molecular complexity index is 583. The van der Waals surface area contributed by atoms with Crippen LogP contribution in [0.1, 0.15) is 66.9 Å². The van der Waals surface area contributed by atoms with Gasteiger partial charge in [0.05, 0.1) is 12.3 Å². The molecule has 0 saturated heterocycles. The molecule has 0 saturated carbocycles. The first-order chi connectivity index (χ1) is 13.0. The molecular formula is C20H35BrN4O2. The SMILES string of the molecule is CC.CC.CC1=Cc2cnc(Br)cc2N=C(N)C1.CCCN(C=O)OCC. The topological polar surface area (TPSA) is 80.8 Å². The third-order valence-corrected chi connectivity index (χ3v) is 3.29. The van der Waals surface area contributed by atoms with Gasteiger partial charge in [0.2, 0.25) is 6.41 Å². The average Bonchev–Trinajstić information content (AvgIpc) is 2.81. The first kappa shape index (κ1) is 27.5. The van der Waals surface area contributed by atoms with E-state index >= 15 is 0 Å². The van der Waals surface area contributed by atoms with E-state index in [-0.39, 0.29) is 0 Å². The predicted octanol–water partition coefficient (Wildman–Crippen LogP) is 5.50. The molecule has 0 spiro atoms. The Morgan fingerprint density at radius 3 is 2.44 bits per heavy atom. The fourth-order valence-electron chi connectivity index (χ4n) is 1.97. The molecule has 0 aliphatic carbocycles. The van der Waals surface area contributed by atoms with E-state index in [0.717, 1.165) is 28.7 Å². The second-order valence-corrected chi connectivity index (χ2v) is 5.81. The molecule has 2 rings (SSSR count). The Morgan fingerprint density at radius 2 is 1.93 bits per heavy atom. The molecule has 1 aromatic rings. The Balaban J connectivity index is 0. The number of hydroxylamine groups is 2. The van der Waals surface area contributed by atoms with Crippen LogP contribution in [0.15, 0.2) is 27.4 Å². The highest BCUT2D eigenvalue weighted by Gasteiger charge is 2.07. The summed E-state index contributed by atoms with van der Waals surface area (Å²) in [4.78, 5) is 23.5. The number of amidine groups is 1. The fourth-order valence-corrected chi connectivity index (χ4v) is 2.29. The van der Waals surface area contributed by atoms with Crippen molar-refractivity contribution >= 4 is 39.9 Å². The molecule has 7 heteroatoms. The number of pyridine rings is 1. The maximum atomic E-state index is 10.1. The summed E-state index contributed by atoms with van der Waals surface area (Å²) in [5.74, 6) is 0.649. The van der Waals surface area contributed by atoms with Gasteiger partial charge in [-0.3, -0.25) is 9.63 Å². The molecule has 1 aliphatic heterocycles. The van der Waals surface area contributed by atoms with E-state index in [1.165, 1.54) is 10.6 Å². The summed E-state index contributed by atoms with van der Waals surface area (Å²) < 4.78 is 0.778. The molecular weight excluding hydrogens is 408 g/mol. The number of aliphatic imine (C=N–C) groups is 1. The van der Waals surface area contributed by atoms with Crippen LogP contribution in [0, 0.1) is 0 Å². The number of carbonyl (C=O) groups excluding carboxylic acids is 1. The Labute approximate surface area is 173 Å². The molecule has 1 amide bonds. The van der Waals surface area contributed by atoms with Gasteiger partial charge in [-0.05, 0) is 42.3 Å². The summed E-state index contributed by atoms with van der Waals surface area (Å²) in [5.41, 5.74) is 8.86. The highest BCUT2D eigenvalue weighted by atomic mass is 79.9. The summed E-state index contributed by atoms with van der Waals surface area (Å²) in [6, 6.07) is 1.87. The molecule has 2 heterocycles. The normalized spacial score (nSPS) is 11.4. The molecule has 1 aromatic heterocycles. The Kier molecular flexibility index (Phi) is 18.0. The zero-order valence-corrected chi connectivity index (χ0v) is 19.3. The number of nitrogens with two attached hydrogens (primary N) is 1. The van der Waals surface area contributed by atoms with Crippen LogP contribution in [0.2, 0.25) is 0 Å². The number of rotatable bonds is 5. The average molecular weight is 443 g/mol. The zero-order valence-electron chi connectivity index (χ0n) is 17.8. The van der Waals surface area contributed by atoms with Gasteiger partial charge in [-0.25, -0.2) is 15.0 Å². The highest BCUT2D eigenvalue weighted by molar-refractivity contribution is 9.10. The van der Waals surface area contributed by atoms with Gasteiger partial charge in [0.25, 0.3) is 0 Å². The minimum absolute atomic E-state index is 0.554. The standard InChI is InChI=1S/C10H10BrN3.C6H13NO2.2C2H6/c1-6-2-7-5-13-9(11)4-8(7)14-10(12)3-6;1-3-5-7(6-8)9-4-2;2*1-2/h2,4-5H,3H2,1H3,(H2,12,14);6H,3-5H2,1-2H3;2*1-2H3. The molecule has 154 valence electrons. The Morgan fingerprint density at radius 1 is 1.30 bits per heavy atom. The van der Waals surface area contributed by atoms with Crippen LogP contribution in [0.3, 0.4) is 0 Å². The molecule has 0 atom stereocenters. The molecule has 6 nitrogen and oxygen atoms in total. The Hall–Kier alpha value is -1.73. The number of hydrogen-bond donors (Lipinski definition) is 1. The van der Waals surface area contributed by atoms with Gasteiger partial charge in [-0.15, -0.1) is 0 Å². The van der Waals surface area contributed by atoms with Gasteiger partial charge in [-0.1, -0.05) is 46.3 Å². The number of carbonyl (C=O) groups is 1. The van der Waals surface area contributed by atoms with Crippen molar-refractivity contribution in [2.24, 2.45) is 10.7 Å². The van der Waals surface area contributed by atoms with Crippen molar-refractivity contribution in [3.05, 3.63) is 28.0 Å². The lowest BCUT2D eigenvalue weighted by atomic mass is 10.1. The maximum absolute atomic E-state index is 10.1. The largest absolute Gasteiger partial charge is 0.387 e. The minimum atomic E-state index is 0.554. The van der Waals surface area contributed by atoms with Crippen LogP contribution in [-0.4, -0.2) is 35.4 Å². The summed E-state index contributed by atoms with van der Waals surface area (Å²) in [6.07, 6.45) is 6.22. The van der Waals surface area contributed by atoms with E-state index in [1.807, 2.05) is 54.5 Å². The van der Waals surface area contributed by atoms with Crippen LogP contribution >= 0.6 is 15.9 Å². The maximum Gasteiger partial charge on any atom is 0.233 e. The van der Waals surface area contributed by atoms with Gasteiger partial charge in [0.15, 0.2) is 0 Å². The molecule has 0 radical (unpaired) electrons. The molecule has 27 heavy (non-hydrogen) atoms. The highest BCUT2D eigenvalue weighted by Crippen LogP contribution is 2.27. The van der Waals surface area contributed by atoms with Crippen LogP contribution in [0.25, 0.3) is 6.08 Å². The van der Waals surface area contributed by atoms with Crippen LogP contribution in [-0.2, 0) is 9.63 Å². The number of nitrogens with zero attached hydrogens (tertiary/aromatic N) is 3. The predicted molar refractivity (Wildman–Crippen MR) is 119 cm³/mol. The lowest BCUT2D eigenvalue weighted by Gasteiger charge is -2.13. The van der Waals surface area contributed by atoms with E-state index in [9.17, 15) is 4.79 Å². The number of aromatic nitrogens is 1. The molecule has 0 bridgehead atoms. The lowest BCUT2D eigenvalue weighted by molar-refractivity contribution is -0.170. The van der Waals surface area contributed by atoms with E-state index in [2.05, 4.69) is 32.0 Å². The van der Waals surface area contributed by atoms with E-state index in [1.54, 1.807) is 6.20 Å². The van der Waals surface area contributed by atoms with Crippen molar-refractivity contribution < 1.29 is 9.63 Å². The summed E-state index contributed by atoms with van der Waals surface area (Å²) in [7, 11) is 0. The number of fused-ring (bicyclic) bond motifs is 1. The van der Waals surface area contributed by atoms with Gasteiger partial charge >= 0.3 is 0 Å². The molecule has 1 aliphatic rings. The summed E-state index contributed by atoms with van der Waals surface area (Å²) >= 11 is 3.31. The monoisotopic (exact) mass is 442 g/mol. The van der Waals surface area contributed by atoms with Crippen molar-refractivity contribution in [1.29, 1.82) is 0 Å². The summed E-state index contributed by atoms with van der Waals surface area (Å²) in [5, 5.41) is 1.31. The number of halogens is 1. The van der Waals surface area contributed by atoms with Crippen molar-refractivity contribution in [2.75, 3.05) is 13.2 Å². The third kappa shape index (κ3) is 12.3. The summed E-state index contributed by atoms with van der Waals surface area (Å²) in [6.45, 7) is 15.1. The van der Waals surface area contributed by atoms with Crippen molar-refractivity contribution in [3.8, 4) is 0 Å². The zero-order chi connectivity index (χ0) is 21.2. The van der Waals surface area contributed by atoms with Gasteiger partial charge in [0, 0.05) is 24.7 Å². The smallest absolute Gasteiger partial charge is 0.233 e. The third-order valence-electron chi connectivity index (χ3n) is 2.86. The molecule has 0 fully saturated rings. The van der Waals surface area contributed by atoms with E-state index < -0.39 is 0 Å². The fraction of sp³-hybridized carbons (Fsp3) is 0.550. The minimum Gasteiger partial charge on any atom is -0.387 e. The van der Waals surface area contributed by atoms with Crippen molar-refractivity contribution in [2.45, 2.75) is 61.3 Å². The van der Waals surface area contributed by atoms with Gasteiger partial charge in [0.1, 0.15) is 10.4 Å². The molecule has 0 aromatic carbocycles.